The number of sulfonamides is 1. The lowest BCUT2D eigenvalue weighted by Gasteiger charge is -2.16. The van der Waals surface area contributed by atoms with E-state index in [0.29, 0.717) is 36.1 Å². The normalized spacial score (nSPS) is 14.9. The van der Waals surface area contributed by atoms with Crippen LogP contribution in [0.2, 0.25) is 0 Å². The van der Waals surface area contributed by atoms with Crippen LogP contribution in [-0.4, -0.2) is 28.6 Å². The second-order valence-electron chi connectivity index (χ2n) is 8.53. The van der Waals surface area contributed by atoms with E-state index in [4.69, 9.17) is 0 Å². The number of hydrogen-bond donors (Lipinski definition) is 2. The Bertz CT molecular complexity index is 1540. The summed E-state index contributed by atoms with van der Waals surface area (Å²) in [6.07, 6.45) is 1.84. The minimum atomic E-state index is -3.62. The molecule has 8 nitrogen and oxygen atoms in total. The number of para-hydroxylation sites is 1. The molecule has 0 saturated carbocycles. The van der Waals surface area contributed by atoms with Crippen molar-refractivity contribution in [2.75, 3.05) is 10.6 Å². The molecule has 0 fully saturated rings. The number of carbonyl (C=O) groups is 1. The molecule has 2 aliphatic heterocycles. The number of nitrogens with zero attached hydrogens (tertiary/aromatic N) is 3. The Morgan fingerprint density at radius 1 is 0.857 bits per heavy atom. The molecule has 2 N–H and O–H groups in total. The molecule has 6 rings (SSSR count). The van der Waals surface area contributed by atoms with E-state index in [0.717, 1.165) is 22.3 Å². The maximum absolute atomic E-state index is 13.2. The highest BCUT2D eigenvalue weighted by atomic mass is 32.2. The average molecular weight is 484 g/mol. The predicted molar refractivity (Wildman–Crippen MR) is 132 cm³/mol. The molecule has 1 aromatic heterocycles. The van der Waals surface area contributed by atoms with Crippen molar-refractivity contribution in [1.82, 2.24) is 14.3 Å². The van der Waals surface area contributed by atoms with Crippen LogP contribution in [-0.2, 0) is 34.3 Å². The zero-order valence-electron chi connectivity index (χ0n) is 18.6. The van der Waals surface area contributed by atoms with E-state index in [1.165, 1.54) is 4.31 Å². The number of fused-ring (bicyclic) bond motifs is 4. The lowest BCUT2D eigenvalue weighted by Crippen LogP contribution is -2.25. The molecule has 1 amide bonds. The summed E-state index contributed by atoms with van der Waals surface area (Å²) in [5.74, 6) is 0.247. The van der Waals surface area contributed by atoms with Gasteiger partial charge in [0.25, 0.3) is 0 Å². The second-order valence-corrected chi connectivity index (χ2v) is 10.5. The van der Waals surface area contributed by atoms with Gasteiger partial charge in [-0.15, -0.1) is 0 Å². The number of amides is 1. The highest BCUT2D eigenvalue weighted by Crippen LogP contribution is 2.33. The second kappa shape index (κ2) is 8.30. The lowest BCUT2D eigenvalue weighted by atomic mass is 10.1. The summed E-state index contributed by atoms with van der Waals surface area (Å²) in [7, 11) is -3.62. The van der Waals surface area contributed by atoms with Gasteiger partial charge in [0.1, 0.15) is 0 Å². The van der Waals surface area contributed by atoms with Gasteiger partial charge >= 0.3 is 0 Å². The molecular weight excluding hydrogens is 462 g/mol. The molecule has 3 aromatic carbocycles. The minimum absolute atomic E-state index is 0.113. The maximum atomic E-state index is 13.2. The highest BCUT2D eigenvalue weighted by Gasteiger charge is 2.30. The number of carbonyl (C=O) groups excluding carboxylic acids is 1. The number of hydrogen-bond acceptors (Lipinski definition) is 6. The Hall–Kier alpha value is -4.08. The molecule has 2 aliphatic rings. The first-order valence-electron chi connectivity index (χ1n) is 11.2. The Morgan fingerprint density at radius 3 is 2.29 bits per heavy atom. The smallest absolute Gasteiger partial charge is 0.243 e. The molecule has 0 radical (unpaired) electrons. The maximum Gasteiger partial charge on any atom is 0.243 e. The Labute approximate surface area is 202 Å². The third kappa shape index (κ3) is 3.94. The van der Waals surface area contributed by atoms with Crippen LogP contribution in [0.15, 0.2) is 83.9 Å². The first-order valence-corrected chi connectivity index (χ1v) is 12.6. The van der Waals surface area contributed by atoms with Gasteiger partial charge in [-0.2, -0.15) is 4.31 Å². The first-order chi connectivity index (χ1) is 17.0. The van der Waals surface area contributed by atoms with Gasteiger partial charge < -0.3 is 10.6 Å². The number of benzene rings is 3. The highest BCUT2D eigenvalue weighted by molar-refractivity contribution is 7.89. The van der Waals surface area contributed by atoms with Crippen molar-refractivity contribution >= 4 is 33.3 Å². The number of anilines is 3. The van der Waals surface area contributed by atoms with E-state index in [-0.39, 0.29) is 17.2 Å². The first kappa shape index (κ1) is 21.5. The quantitative estimate of drug-likeness (QED) is 0.453. The topological polar surface area (TPSA) is 104 Å². The van der Waals surface area contributed by atoms with Crippen molar-refractivity contribution in [3.63, 3.8) is 0 Å². The summed E-state index contributed by atoms with van der Waals surface area (Å²) in [5.41, 5.74) is 5.69. The molecule has 0 spiro atoms. The monoisotopic (exact) mass is 483 g/mol. The zero-order chi connectivity index (χ0) is 24.0. The van der Waals surface area contributed by atoms with Gasteiger partial charge in [0.2, 0.25) is 21.9 Å². The fourth-order valence-corrected chi connectivity index (χ4v) is 5.85. The van der Waals surface area contributed by atoms with Crippen LogP contribution >= 0.6 is 0 Å². The van der Waals surface area contributed by atoms with Gasteiger partial charge in [0.05, 0.1) is 22.7 Å². The molecular formula is C26H21N5O3S. The van der Waals surface area contributed by atoms with Crippen LogP contribution in [0.5, 0.6) is 0 Å². The van der Waals surface area contributed by atoms with Crippen LogP contribution in [0, 0.1) is 0 Å². The van der Waals surface area contributed by atoms with E-state index in [1.54, 1.807) is 30.5 Å². The van der Waals surface area contributed by atoms with E-state index in [1.807, 2.05) is 48.5 Å². The standard InChI is InChI=1S/C26H21N5O3S/c32-24-13-19-14-27-26(30-25(19)22-7-3-4-8-23(22)29-24)28-20-9-11-21(12-10-20)35(33,34)31-15-17-5-1-2-6-18(17)16-31/h1-12,14H,13,15-16H2,(H,29,32)(H,27,28,30). The van der Waals surface area contributed by atoms with Crippen molar-refractivity contribution in [1.29, 1.82) is 0 Å². The molecule has 4 aromatic rings. The molecule has 0 bridgehead atoms. The summed E-state index contributed by atoms with van der Waals surface area (Å²) in [6.45, 7) is 0.751. The molecule has 35 heavy (non-hydrogen) atoms. The summed E-state index contributed by atoms with van der Waals surface area (Å²) < 4.78 is 27.8. The summed E-state index contributed by atoms with van der Waals surface area (Å²) in [6, 6.07) is 21.8. The zero-order valence-corrected chi connectivity index (χ0v) is 19.4. The fourth-order valence-electron chi connectivity index (χ4n) is 4.46. The molecule has 174 valence electrons. The SMILES string of the molecule is O=C1Cc2cnc(Nc3ccc(S(=O)(=O)N4Cc5ccccc5C4)cc3)nc2-c2ccccc2N1. The molecule has 0 saturated heterocycles. The van der Waals surface area contributed by atoms with Crippen LogP contribution in [0.1, 0.15) is 16.7 Å². The van der Waals surface area contributed by atoms with Crippen molar-refractivity contribution in [3.05, 3.63) is 95.7 Å². The van der Waals surface area contributed by atoms with Crippen LogP contribution < -0.4 is 10.6 Å². The van der Waals surface area contributed by atoms with Crippen molar-refractivity contribution in [2.45, 2.75) is 24.4 Å². The van der Waals surface area contributed by atoms with Gasteiger partial charge in [-0.25, -0.2) is 18.4 Å². The van der Waals surface area contributed by atoms with Gasteiger partial charge in [0, 0.05) is 36.1 Å². The molecule has 9 heteroatoms. The Morgan fingerprint density at radius 2 is 1.54 bits per heavy atom. The van der Waals surface area contributed by atoms with Gasteiger partial charge in [-0.05, 0) is 41.5 Å². The van der Waals surface area contributed by atoms with Crippen LogP contribution in [0.25, 0.3) is 11.3 Å². The van der Waals surface area contributed by atoms with Crippen molar-refractivity contribution in [2.24, 2.45) is 0 Å². The lowest BCUT2D eigenvalue weighted by molar-refractivity contribution is -0.115. The fraction of sp³-hybridized carbons (Fsp3) is 0.115. The summed E-state index contributed by atoms with van der Waals surface area (Å²) in [4.78, 5) is 21.5. The minimum Gasteiger partial charge on any atom is -0.325 e. The number of aromatic nitrogens is 2. The van der Waals surface area contributed by atoms with Crippen LogP contribution in [0.4, 0.5) is 17.3 Å². The van der Waals surface area contributed by atoms with E-state index < -0.39 is 10.0 Å². The van der Waals surface area contributed by atoms with E-state index in [2.05, 4.69) is 20.6 Å². The summed E-state index contributed by atoms with van der Waals surface area (Å²) >= 11 is 0. The molecule has 0 aliphatic carbocycles. The predicted octanol–water partition coefficient (Wildman–Crippen LogP) is 4.09. The average Bonchev–Trinajstić information content (AvgIpc) is 3.25. The Balaban J connectivity index is 1.24. The van der Waals surface area contributed by atoms with Gasteiger partial charge in [-0.1, -0.05) is 42.5 Å². The van der Waals surface area contributed by atoms with Crippen molar-refractivity contribution < 1.29 is 13.2 Å². The third-order valence-corrected chi connectivity index (χ3v) is 8.04. The van der Waals surface area contributed by atoms with Gasteiger partial charge in [0.15, 0.2) is 0 Å². The number of nitrogens with one attached hydrogen (secondary N) is 2. The van der Waals surface area contributed by atoms with E-state index in [9.17, 15) is 13.2 Å². The Kier molecular flexibility index (Phi) is 5.09. The van der Waals surface area contributed by atoms with Gasteiger partial charge in [-0.3, -0.25) is 4.79 Å². The van der Waals surface area contributed by atoms with Crippen molar-refractivity contribution in [3.8, 4) is 11.3 Å². The van der Waals surface area contributed by atoms with Crippen LogP contribution in [0.3, 0.4) is 0 Å². The summed E-state index contributed by atoms with van der Waals surface area (Å²) in [5, 5.41) is 6.04. The third-order valence-electron chi connectivity index (χ3n) is 6.23. The molecule has 0 unspecified atom stereocenters. The molecule has 3 heterocycles. The molecule has 0 atom stereocenters. The number of rotatable bonds is 4. The van der Waals surface area contributed by atoms with E-state index >= 15 is 0 Å². The largest absolute Gasteiger partial charge is 0.325 e.